The van der Waals surface area contributed by atoms with Gasteiger partial charge >= 0.3 is 0 Å². The van der Waals surface area contributed by atoms with Crippen LogP contribution in [0.15, 0.2) is 30.3 Å². The molecule has 0 aliphatic rings. The lowest BCUT2D eigenvalue weighted by Gasteiger charge is -2.20. The number of hydrogen-bond acceptors (Lipinski definition) is 5. The van der Waals surface area contributed by atoms with Crippen LogP contribution >= 0.6 is 11.3 Å². The summed E-state index contributed by atoms with van der Waals surface area (Å²) in [6, 6.07) is 10.3. The molecule has 1 aromatic heterocycles. The van der Waals surface area contributed by atoms with Crippen molar-refractivity contribution in [3.8, 4) is 0 Å². The number of ketones is 1. The average Bonchev–Trinajstić information content (AvgIpc) is 3.07. The lowest BCUT2D eigenvalue weighted by molar-refractivity contribution is 0.0547. The minimum absolute atomic E-state index is 0.123. The third-order valence-corrected chi connectivity index (χ3v) is 5.51. The van der Waals surface area contributed by atoms with Crippen molar-refractivity contribution in [2.24, 2.45) is 5.73 Å². The van der Waals surface area contributed by atoms with Gasteiger partial charge in [-0.15, -0.1) is 11.3 Å². The standard InChI is InChI=1S/C21H29NO3S/c1-15-7-8-17(11-16(15)2)5-4-6-19(24)20-10-9-18(26-20)12-25-14-21(3,22)13-23/h7-11,23H,4-6,12-14,22H2,1-3H3/t21-/m0/s1. The Morgan fingerprint density at radius 3 is 2.69 bits per heavy atom. The van der Waals surface area contributed by atoms with Crippen LogP contribution in [0.2, 0.25) is 0 Å². The van der Waals surface area contributed by atoms with E-state index in [1.165, 1.54) is 28.0 Å². The van der Waals surface area contributed by atoms with Crippen molar-refractivity contribution >= 4 is 17.1 Å². The van der Waals surface area contributed by atoms with Crippen LogP contribution in [0.25, 0.3) is 0 Å². The first kappa shape index (κ1) is 20.8. The molecule has 2 rings (SSSR count). The number of rotatable bonds is 10. The van der Waals surface area contributed by atoms with Crippen LogP contribution in [-0.4, -0.2) is 29.6 Å². The Bertz CT molecular complexity index is 737. The van der Waals surface area contributed by atoms with E-state index >= 15 is 0 Å². The van der Waals surface area contributed by atoms with E-state index in [4.69, 9.17) is 15.6 Å². The second-order valence-corrected chi connectivity index (χ2v) is 8.43. The monoisotopic (exact) mass is 375 g/mol. The molecule has 5 heteroatoms. The van der Waals surface area contributed by atoms with Gasteiger partial charge in [0.2, 0.25) is 0 Å². The first-order valence-corrected chi connectivity index (χ1v) is 9.78. The highest BCUT2D eigenvalue weighted by atomic mass is 32.1. The fourth-order valence-electron chi connectivity index (χ4n) is 2.57. The summed E-state index contributed by atoms with van der Waals surface area (Å²) >= 11 is 1.47. The van der Waals surface area contributed by atoms with E-state index in [1.54, 1.807) is 6.92 Å². The first-order chi connectivity index (χ1) is 12.3. The summed E-state index contributed by atoms with van der Waals surface area (Å²) < 4.78 is 5.54. The van der Waals surface area contributed by atoms with Gasteiger partial charge in [-0.05, 0) is 62.4 Å². The molecule has 0 amide bonds. The van der Waals surface area contributed by atoms with Gasteiger partial charge in [-0.1, -0.05) is 18.2 Å². The van der Waals surface area contributed by atoms with E-state index in [0.29, 0.717) is 13.0 Å². The van der Waals surface area contributed by atoms with Crippen LogP contribution in [0.5, 0.6) is 0 Å². The first-order valence-electron chi connectivity index (χ1n) is 8.96. The van der Waals surface area contributed by atoms with Crippen LogP contribution in [-0.2, 0) is 17.8 Å². The minimum atomic E-state index is -0.732. The number of Topliss-reactive ketones (excluding diaryl/α,β-unsaturated/α-hetero) is 1. The molecular weight excluding hydrogens is 346 g/mol. The zero-order valence-electron chi connectivity index (χ0n) is 15.9. The zero-order chi connectivity index (χ0) is 19.2. The number of hydrogen-bond donors (Lipinski definition) is 2. The van der Waals surface area contributed by atoms with Gasteiger partial charge in [0, 0.05) is 11.3 Å². The number of benzene rings is 1. The van der Waals surface area contributed by atoms with Crippen molar-refractivity contribution in [2.45, 2.75) is 52.2 Å². The zero-order valence-corrected chi connectivity index (χ0v) is 16.7. The molecule has 0 saturated carbocycles. The van der Waals surface area contributed by atoms with Crippen molar-refractivity contribution in [1.82, 2.24) is 0 Å². The van der Waals surface area contributed by atoms with Gasteiger partial charge in [-0.2, -0.15) is 0 Å². The summed E-state index contributed by atoms with van der Waals surface area (Å²) in [6.07, 6.45) is 2.33. The van der Waals surface area contributed by atoms with E-state index in [9.17, 15) is 4.79 Å². The highest BCUT2D eigenvalue weighted by molar-refractivity contribution is 7.14. The number of aliphatic hydroxyl groups excluding tert-OH is 1. The van der Waals surface area contributed by atoms with Gasteiger partial charge in [0.15, 0.2) is 5.78 Å². The Labute approximate surface area is 160 Å². The molecule has 4 nitrogen and oxygen atoms in total. The molecular formula is C21H29NO3S. The molecule has 0 aliphatic heterocycles. The molecule has 0 spiro atoms. The molecule has 26 heavy (non-hydrogen) atoms. The van der Waals surface area contributed by atoms with Gasteiger partial charge < -0.3 is 15.6 Å². The van der Waals surface area contributed by atoms with Gasteiger partial charge in [0.1, 0.15) is 0 Å². The smallest absolute Gasteiger partial charge is 0.172 e. The summed E-state index contributed by atoms with van der Waals surface area (Å²) in [7, 11) is 0. The molecule has 3 N–H and O–H groups in total. The topological polar surface area (TPSA) is 72.5 Å². The molecule has 142 valence electrons. The van der Waals surface area contributed by atoms with Gasteiger partial charge in [0.25, 0.3) is 0 Å². The molecule has 2 aromatic rings. The van der Waals surface area contributed by atoms with Crippen molar-refractivity contribution < 1.29 is 14.6 Å². The van der Waals surface area contributed by atoms with Crippen LogP contribution in [0.4, 0.5) is 0 Å². The SMILES string of the molecule is Cc1ccc(CCCC(=O)c2ccc(COC[C@@](C)(N)CO)s2)cc1C. The number of thiophene rings is 1. The van der Waals surface area contributed by atoms with Crippen LogP contribution in [0, 0.1) is 13.8 Å². The molecule has 1 aromatic carbocycles. The molecule has 0 aliphatic carbocycles. The summed E-state index contributed by atoms with van der Waals surface area (Å²) in [6.45, 7) is 6.53. The Balaban J connectivity index is 1.77. The van der Waals surface area contributed by atoms with Crippen molar-refractivity contribution in [2.75, 3.05) is 13.2 Å². The summed E-state index contributed by atoms with van der Waals surface area (Å²) in [4.78, 5) is 14.1. The van der Waals surface area contributed by atoms with Gasteiger partial charge in [-0.3, -0.25) is 4.79 Å². The normalized spacial score (nSPS) is 13.6. The molecule has 0 saturated heterocycles. The third-order valence-electron chi connectivity index (χ3n) is 4.41. The molecule has 0 radical (unpaired) electrons. The molecule has 1 heterocycles. The summed E-state index contributed by atoms with van der Waals surface area (Å²) in [5, 5.41) is 9.11. The van der Waals surface area contributed by atoms with Crippen molar-refractivity contribution in [3.63, 3.8) is 0 Å². The van der Waals surface area contributed by atoms with E-state index in [2.05, 4.69) is 32.0 Å². The number of carbonyl (C=O) groups excluding carboxylic acids is 1. The Kier molecular flexibility index (Phi) is 7.53. The average molecular weight is 376 g/mol. The maximum absolute atomic E-state index is 12.4. The lowest BCUT2D eigenvalue weighted by Crippen LogP contribution is -2.44. The van der Waals surface area contributed by atoms with E-state index < -0.39 is 5.54 Å². The second-order valence-electron chi connectivity index (χ2n) is 7.27. The Hall–Kier alpha value is -1.53. The summed E-state index contributed by atoms with van der Waals surface area (Å²) in [5.74, 6) is 0.184. The molecule has 1 atom stereocenters. The van der Waals surface area contributed by atoms with Gasteiger partial charge in [-0.25, -0.2) is 0 Å². The fourth-order valence-corrected chi connectivity index (χ4v) is 3.48. The van der Waals surface area contributed by atoms with Crippen LogP contribution in [0.1, 0.15) is 51.0 Å². The number of ether oxygens (including phenoxy) is 1. The predicted molar refractivity (Wildman–Crippen MR) is 107 cm³/mol. The van der Waals surface area contributed by atoms with E-state index in [0.717, 1.165) is 22.6 Å². The number of nitrogens with two attached hydrogens (primary N) is 1. The highest BCUT2D eigenvalue weighted by Crippen LogP contribution is 2.21. The molecule has 0 bridgehead atoms. The van der Waals surface area contributed by atoms with Gasteiger partial charge in [0.05, 0.1) is 30.2 Å². The Morgan fingerprint density at radius 2 is 2.00 bits per heavy atom. The van der Waals surface area contributed by atoms with E-state index in [1.807, 2.05) is 12.1 Å². The second kappa shape index (κ2) is 9.42. The van der Waals surface area contributed by atoms with Crippen molar-refractivity contribution in [1.29, 1.82) is 0 Å². The van der Waals surface area contributed by atoms with Crippen LogP contribution < -0.4 is 5.73 Å². The number of aryl methyl sites for hydroxylation is 3. The maximum Gasteiger partial charge on any atom is 0.172 e. The number of carbonyl (C=O) groups is 1. The van der Waals surface area contributed by atoms with Crippen LogP contribution in [0.3, 0.4) is 0 Å². The van der Waals surface area contributed by atoms with E-state index in [-0.39, 0.29) is 19.0 Å². The highest BCUT2D eigenvalue weighted by Gasteiger charge is 2.17. The number of aliphatic hydroxyl groups is 1. The molecule has 0 unspecified atom stereocenters. The Morgan fingerprint density at radius 1 is 1.23 bits per heavy atom. The third kappa shape index (κ3) is 6.32. The van der Waals surface area contributed by atoms with Crippen molar-refractivity contribution in [3.05, 3.63) is 56.8 Å². The summed E-state index contributed by atoms with van der Waals surface area (Å²) in [5.41, 5.74) is 8.98. The maximum atomic E-state index is 12.4. The molecule has 0 fully saturated rings. The predicted octanol–water partition coefficient (Wildman–Crippen LogP) is 3.80. The minimum Gasteiger partial charge on any atom is -0.394 e. The largest absolute Gasteiger partial charge is 0.394 e. The quantitative estimate of drug-likeness (QED) is 0.620. The lowest BCUT2D eigenvalue weighted by atomic mass is 10.0. The fraction of sp³-hybridized carbons (Fsp3) is 0.476.